The minimum absolute atomic E-state index is 0.128. The van der Waals surface area contributed by atoms with Crippen LogP contribution >= 0.6 is 0 Å². The molecule has 0 bridgehead atoms. The Morgan fingerprint density at radius 3 is 2.65 bits per heavy atom. The van der Waals surface area contributed by atoms with Crippen molar-refractivity contribution in [2.75, 3.05) is 11.9 Å². The van der Waals surface area contributed by atoms with Crippen LogP contribution in [0.15, 0.2) is 73.1 Å². The lowest BCUT2D eigenvalue weighted by molar-refractivity contribution is 0.102. The monoisotopic (exact) mass is 343 g/mol. The summed E-state index contributed by atoms with van der Waals surface area (Å²) in [7, 11) is 0. The van der Waals surface area contributed by atoms with Crippen molar-refractivity contribution >= 4 is 11.6 Å². The minimum Gasteiger partial charge on any atom is -0.322 e. The molecule has 2 heterocycles. The normalized spacial score (nSPS) is 13.4. The Morgan fingerprint density at radius 2 is 1.85 bits per heavy atom. The van der Waals surface area contributed by atoms with Gasteiger partial charge in [0.2, 0.25) is 0 Å². The van der Waals surface area contributed by atoms with Gasteiger partial charge in [0.25, 0.3) is 5.91 Å². The highest BCUT2D eigenvalue weighted by Gasteiger charge is 2.19. The topological polar surface area (TPSA) is 45.2 Å². The molecule has 0 saturated carbocycles. The summed E-state index contributed by atoms with van der Waals surface area (Å²) in [6.07, 6.45) is 4.30. The standard InChI is InChI=1S/C22H21N3O/c26-22(18-7-4-11-23-14-18)24-21-9-8-19-15-25(16-20(19)13-21)12-10-17-5-2-1-3-6-17/h1-9,11,13-14H,10,12,15-16H2,(H,24,26). The molecular formula is C22H21N3O. The van der Waals surface area contributed by atoms with E-state index >= 15 is 0 Å². The number of fused-ring (bicyclic) bond motifs is 1. The maximum atomic E-state index is 12.3. The molecule has 130 valence electrons. The van der Waals surface area contributed by atoms with Gasteiger partial charge in [-0.15, -0.1) is 0 Å². The fourth-order valence-electron chi connectivity index (χ4n) is 3.33. The second-order valence-electron chi connectivity index (χ2n) is 6.63. The van der Waals surface area contributed by atoms with Crippen LogP contribution in [0.4, 0.5) is 5.69 Å². The molecule has 4 nitrogen and oxygen atoms in total. The number of carbonyl (C=O) groups is 1. The van der Waals surface area contributed by atoms with Crippen molar-refractivity contribution in [2.45, 2.75) is 19.5 Å². The molecule has 0 radical (unpaired) electrons. The molecule has 1 amide bonds. The summed E-state index contributed by atoms with van der Waals surface area (Å²) in [6, 6.07) is 20.3. The first-order valence-electron chi connectivity index (χ1n) is 8.87. The van der Waals surface area contributed by atoms with Gasteiger partial charge in [-0.2, -0.15) is 0 Å². The third-order valence-corrected chi connectivity index (χ3v) is 4.74. The van der Waals surface area contributed by atoms with Crippen LogP contribution in [-0.2, 0) is 19.5 Å². The van der Waals surface area contributed by atoms with Gasteiger partial charge in [0.05, 0.1) is 5.56 Å². The zero-order valence-electron chi connectivity index (χ0n) is 14.6. The van der Waals surface area contributed by atoms with Crippen LogP contribution in [-0.4, -0.2) is 22.3 Å². The van der Waals surface area contributed by atoms with E-state index in [1.807, 2.05) is 6.07 Å². The number of amides is 1. The fraction of sp³-hybridized carbons (Fsp3) is 0.182. The lowest BCUT2D eigenvalue weighted by Gasteiger charge is -2.14. The molecule has 3 aromatic rings. The van der Waals surface area contributed by atoms with Crippen molar-refractivity contribution in [3.05, 3.63) is 95.3 Å². The van der Waals surface area contributed by atoms with E-state index in [0.29, 0.717) is 5.56 Å². The van der Waals surface area contributed by atoms with E-state index in [4.69, 9.17) is 0 Å². The number of hydrogen-bond acceptors (Lipinski definition) is 3. The molecule has 1 aliphatic heterocycles. The van der Waals surface area contributed by atoms with E-state index in [0.717, 1.165) is 31.7 Å². The molecule has 0 unspecified atom stereocenters. The number of nitrogens with zero attached hydrogens (tertiary/aromatic N) is 2. The average molecular weight is 343 g/mol. The molecule has 0 aliphatic carbocycles. The van der Waals surface area contributed by atoms with Crippen LogP contribution in [0.3, 0.4) is 0 Å². The second kappa shape index (κ2) is 7.50. The van der Waals surface area contributed by atoms with Crippen LogP contribution in [0.5, 0.6) is 0 Å². The highest BCUT2D eigenvalue weighted by atomic mass is 16.1. The number of rotatable bonds is 5. The summed E-state index contributed by atoms with van der Waals surface area (Å²) < 4.78 is 0. The Bertz CT molecular complexity index is 894. The molecule has 0 fully saturated rings. The van der Waals surface area contributed by atoms with Crippen LogP contribution in [0, 0.1) is 0 Å². The SMILES string of the molecule is O=C(Nc1ccc2c(c1)CN(CCc1ccccc1)C2)c1cccnc1. The maximum absolute atomic E-state index is 12.3. The van der Waals surface area contributed by atoms with E-state index in [1.54, 1.807) is 24.5 Å². The van der Waals surface area contributed by atoms with Gasteiger partial charge in [0.15, 0.2) is 0 Å². The van der Waals surface area contributed by atoms with E-state index in [2.05, 4.69) is 57.7 Å². The number of benzene rings is 2. The second-order valence-corrected chi connectivity index (χ2v) is 6.63. The number of aromatic nitrogens is 1. The van der Waals surface area contributed by atoms with E-state index in [1.165, 1.54) is 16.7 Å². The molecule has 26 heavy (non-hydrogen) atoms. The summed E-state index contributed by atoms with van der Waals surface area (Å²) >= 11 is 0. The summed E-state index contributed by atoms with van der Waals surface area (Å²) in [5.41, 5.74) is 5.41. The van der Waals surface area contributed by atoms with Gasteiger partial charge in [-0.25, -0.2) is 0 Å². The van der Waals surface area contributed by atoms with Crippen molar-refractivity contribution in [2.24, 2.45) is 0 Å². The molecule has 4 rings (SSSR count). The summed E-state index contributed by atoms with van der Waals surface area (Å²) in [5, 5.41) is 2.96. The van der Waals surface area contributed by atoms with Crippen molar-refractivity contribution in [1.29, 1.82) is 0 Å². The van der Waals surface area contributed by atoms with Gasteiger partial charge in [-0.1, -0.05) is 36.4 Å². The van der Waals surface area contributed by atoms with Crippen molar-refractivity contribution < 1.29 is 4.79 Å². The van der Waals surface area contributed by atoms with Gasteiger partial charge in [0, 0.05) is 37.7 Å². The quantitative estimate of drug-likeness (QED) is 0.764. The lowest BCUT2D eigenvalue weighted by atomic mass is 10.1. The van der Waals surface area contributed by atoms with Gasteiger partial charge in [-0.05, 0) is 47.4 Å². The van der Waals surface area contributed by atoms with Gasteiger partial charge < -0.3 is 5.32 Å². The first-order chi connectivity index (χ1) is 12.8. The third-order valence-electron chi connectivity index (χ3n) is 4.74. The maximum Gasteiger partial charge on any atom is 0.257 e. The molecule has 1 N–H and O–H groups in total. The first kappa shape index (κ1) is 16.5. The number of hydrogen-bond donors (Lipinski definition) is 1. The first-order valence-corrected chi connectivity index (χ1v) is 8.87. The average Bonchev–Trinajstić information content (AvgIpc) is 3.10. The highest BCUT2D eigenvalue weighted by Crippen LogP contribution is 2.26. The molecule has 0 spiro atoms. The summed E-state index contributed by atoms with van der Waals surface area (Å²) in [6.45, 7) is 2.94. The van der Waals surface area contributed by atoms with Gasteiger partial charge >= 0.3 is 0 Å². The number of anilines is 1. The van der Waals surface area contributed by atoms with Crippen molar-refractivity contribution in [3.8, 4) is 0 Å². The van der Waals surface area contributed by atoms with E-state index < -0.39 is 0 Å². The highest BCUT2D eigenvalue weighted by molar-refractivity contribution is 6.04. The predicted molar refractivity (Wildman–Crippen MR) is 103 cm³/mol. The zero-order valence-corrected chi connectivity index (χ0v) is 14.6. The Kier molecular flexibility index (Phi) is 4.75. The molecule has 0 atom stereocenters. The van der Waals surface area contributed by atoms with Crippen LogP contribution in [0.25, 0.3) is 0 Å². The van der Waals surface area contributed by atoms with E-state index in [9.17, 15) is 4.79 Å². The van der Waals surface area contributed by atoms with Crippen LogP contribution in [0.1, 0.15) is 27.0 Å². The number of nitrogens with one attached hydrogen (secondary N) is 1. The Hall–Kier alpha value is -2.98. The van der Waals surface area contributed by atoms with Crippen LogP contribution in [0.2, 0.25) is 0 Å². The smallest absolute Gasteiger partial charge is 0.257 e. The van der Waals surface area contributed by atoms with Gasteiger partial charge in [0.1, 0.15) is 0 Å². The van der Waals surface area contributed by atoms with Crippen molar-refractivity contribution in [1.82, 2.24) is 9.88 Å². The number of pyridine rings is 1. The van der Waals surface area contributed by atoms with Crippen molar-refractivity contribution in [3.63, 3.8) is 0 Å². The van der Waals surface area contributed by atoms with Gasteiger partial charge in [-0.3, -0.25) is 14.7 Å². The fourth-order valence-corrected chi connectivity index (χ4v) is 3.33. The lowest BCUT2D eigenvalue weighted by Crippen LogP contribution is -2.19. The largest absolute Gasteiger partial charge is 0.322 e. The zero-order chi connectivity index (χ0) is 17.8. The van der Waals surface area contributed by atoms with E-state index in [-0.39, 0.29) is 5.91 Å². The molecule has 1 aliphatic rings. The van der Waals surface area contributed by atoms with Crippen LogP contribution < -0.4 is 5.32 Å². The molecule has 0 saturated heterocycles. The molecular weight excluding hydrogens is 322 g/mol. The third kappa shape index (κ3) is 3.81. The Labute approximate surface area is 153 Å². The minimum atomic E-state index is -0.128. The Morgan fingerprint density at radius 1 is 1.00 bits per heavy atom. The predicted octanol–water partition coefficient (Wildman–Crippen LogP) is 3.89. The summed E-state index contributed by atoms with van der Waals surface area (Å²) in [4.78, 5) is 18.7. The molecule has 4 heteroatoms. The molecule has 1 aromatic heterocycles. The summed E-state index contributed by atoms with van der Waals surface area (Å²) in [5.74, 6) is -0.128. The number of carbonyl (C=O) groups excluding carboxylic acids is 1. The Balaban J connectivity index is 1.38. The molecule has 2 aromatic carbocycles.